The zero-order chi connectivity index (χ0) is 14.5. The molecule has 0 bridgehead atoms. The molecule has 1 rings (SSSR count). The molecule has 1 aliphatic heterocycles. The lowest BCUT2D eigenvalue weighted by Gasteiger charge is -2.35. The molecule has 19 heavy (non-hydrogen) atoms. The van der Waals surface area contributed by atoms with Crippen molar-refractivity contribution in [2.75, 3.05) is 25.2 Å². The van der Waals surface area contributed by atoms with Gasteiger partial charge in [-0.1, -0.05) is 5.11 Å². The monoisotopic (exact) mass is 291 g/mol. The third kappa shape index (κ3) is 5.02. The highest BCUT2D eigenvalue weighted by Crippen LogP contribution is 2.07. The zero-order valence-electron chi connectivity index (χ0n) is 10.1. The molecule has 2 N–H and O–H groups in total. The topological polar surface area (TPSA) is 150 Å². The first-order valence-corrected chi connectivity index (χ1v) is 7.32. The Morgan fingerprint density at radius 1 is 1.63 bits per heavy atom. The second-order valence-corrected chi connectivity index (χ2v) is 6.18. The lowest BCUT2D eigenvalue weighted by molar-refractivity contribution is -0.131. The van der Waals surface area contributed by atoms with Gasteiger partial charge < -0.3 is 15.4 Å². The normalized spacial score (nSPS) is 21.6. The van der Waals surface area contributed by atoms with E-state index in [0.29, 0.717) is 0 Å². The van der Waals surface area contributed by atoms with Crippen LogP contribution in [0.3, 0.4) is 0 Å². The maximum Gasteiger partial charge on any atom is 0.407 e. The Kier molecular flexibility index (Phi) is 4.95. The van der Waals surface area contributed by atoms with Gasteiger partial charge in [-0.3, -0.25) is 4.79 Å². The predicted molar refractivity (Wildman–Crippen MR) is 63.9 cm³/mol. The van der Waals surface area contributed by atoms with Gasteiger partial charge in [0, 0.05) is 17.7 Å². The molecular formula is C8H13N5O5S. The fourth-order valence-electron chi connectivity index (χ4n) is 1.34. The lowest BCUT2D eigenvalue weighted by Crippen LogP contribution is -2.70. The summed E-state index contributed by atoms with van der Waals surface area (Å²) in [4.78, 5) is 25.0. The van der Waals surface area contributed by atoms with Gasteiger partial charge in [0.15, 0.2) is 9.84 Å². The summed E-state index contributed by atoms with van der Waals surface area (Å²) in [5.41, 5.74) is 8.14. The first kappa shape index (κ1) is 15.1. The molecule has 10 nitrogen and oxygen atoms in total. The zero-order valence-corrected chi connectivity index (χ0v) is 10.9. The Balaban J connectivity index is 2.34. The third-order valence-corrected chi connectivity index (χ3v) is 3.22. The average Bonchev–Trinajstić information content (AvgIpc) is 2.30. The number of hydrogen-bond acceptors (Lipinski definition) is 6. The number of amides is 2. The number of β-lactam (4-membered cyclic amide) rings is 1. The molecule has 1 aliphatic rings. The van der Waals surface area contributed by atoms with E-state index < -0.39 is 33.9 Å². The summed E-state index contributed by atoms with van der Waals surface area (Å²) in [7, 11) is -3.21. The highest BCUT2D eigenvalue weighted by Gasteiger charge is 2.40. The first-order valence-electron chi connectivity index (χ1n) is 5.26. The largest absolute Gasteiger partial charge is 0.448 e. The number of hydrogen-bond donors (Lipinski definition) is 2. The molecule has 0 spiro atoms. The number of ether oxygens (including phenoxy) is 1. The minimum atomic E-state index is -3.21. The van der Waals surface area contributed by atoms with E-state index in [1.54, 1.807) is 0 Å². The van der Waals surface area contributed by atoms with Gasteiger partial charge in [0.1, 0.15) is 12.6 Å². The number of alkyl carbamates (subject to hydrolysis) is 1. The summed E-state index contributed by atoms with van der Waals surface area (Å²) in [6.45, 7) is -0.281. The molecule has 11 heteroatoms. The summed E-state index contributed by atoms with van der Waals surface area (Å²) in [6.07, 6.45) is 0.123. The van der Waals surface area contributed by atoms with E-state index in [-0.39, 0.29) is 18.9 Å². The van der Waals surface area contributed by atoms with Gasteiger partial charge in [-0.15, -0.1) is 0 Å². The van der Waals surface area contributed by atoms with Crippen LogP contribution in [0.25, 0.3) is 10.4 Å². The number of nitrogens with zero attached hydrogens (tertiary/aromatic N) is 3. The van der Waals surface area contributed by atoms with Crippen LogP contribution in [0, 0.1) is 0 Å². The minimum Gasteiger partial charge on any atom is -0.448 e. The molecule has 106 valence electrons. The third-order valence-electron chi connectivity index (χ3n) is 2.31. The molecule has 2 amide bonds. The molecule has 0 aromatic carbocycles. The summed E-state index contributed by atoms with van der Waals surface area (Å²) >= 11 is 0. The van der Waals surface area contributed by atoms with Crippen LogP contribution in [-0.4, -0.2) is 57.7 Å². The highest BCUT2D eigenvalue weighted by molar-refractivity contribution is 7.90. The highest BCUT2D eigenvalue weighted by atomic mass is 32.2. The number of carbonyl (C=O) groups excluding carboxylic acids is 2. The van der Waals surface area contributed by atoms with Gasteiger partial charge in [0.2, 0.25) is 5.91 Å². The predicted octanol–water partition coefficient (Wildman–Crippen LogP) is -1.07. The van der Waals surface area contributed by atoms with Gasteiger partial charge in [-0.2, -0.15) is 0 Å². The van der Waals surface area contributed by atoms with Gasteiger partial charge in [-0.05, 0) is 5.53 Å². The van der Waals surface area contributed by atoms with Crippen LogP contribution in [0.1, 0.15) is 0 Å². The van der Waals surface area contributed by atoms with Crippen molar-refractivity contribution in [1.29, 1.82) is 0 Å². The Morgan fingerprint density at radius 2 is 2.32 bits per heavy atom. The molecule has 1 saturated heterocycles. The molecule has 0 radical (unpaired) electrons. The minimum absolute atomic E-state index is 0.0104. The van der Waals surface area contributed by atoms with Crippen LogP contribution in [0.15, 0.2) is 5.11 Å². The van der Waals surface area contributed by atoms with Gasteiger partial charge in [-0.25, -0.2) is 13.2 Å². The number of rotatable bonds is 6. The Hall–Kier alpha value is -2.00. The molecule has 0 aromatic rings. The average molecular weight is 291 g/mol. The maximum absolute atomic E-state index is 11.3. The van der Waals surface area contributed by atoms with Crippen molar-refractivity contribution in [1.82, 2.24) is 10.6 Å². The molecule has 2 atom stereocenters. The van der Waals surface area contributed by atoms with Crippen molar-refractivity contribution in [2.45, 2.75) is 12.1 Å². The Bertz CT molecular complexity index is 512. The number of carbonyl (C=O) groups is 2. The van der Waals surface area contributed by atoms with Crippen LogP contribution in [0.4, 0.5) is 4.79 Å². The van der Waals surface area contributed by atoms with E-state index in [9.17, 15) is 18.0 Å². The fourth-order valence-corrected chi connectivity index (χ4v) is 1.72. The summed E-state index contributed by atoms with van der Waals surface area (Å²) in [5, 5.41) is 7.98. The summed E-state index contributed by atoms with van der Waals surface area (Å²) in [6, 6.07) is -1.32. The molecule has 0 aromatic heterocycles. The smallest absolute Gasteiger partial charge is 0.407 e. The van der Waals surface area contributed by atoms with E-state index in [1.807, 2.05) is 0 Å². The molecule has 0 saturated carbocycles. The second-order valence-electron chi connectivity index (χ2n) is 3.92. The first-order chi connectivity index (χ1) is 8.83. The van der Waals surface area contributed by atoms with Gasteiger partial charge >= 0.3 is 6.09 Å². The van der Waals surface area contributed by atoms with Crippen LogP contribution in [0.2, 0.25) is 0 Å². The van der Waals surface area contributed by atoms with E-state index in [2.05, 4.69) is 25.4 Å². The number of sulfone groups is 1. The van der Waals surface area contributed by atoms with Crippen molar-refractivity contribution in [3.63, 3.8) is 0 Å². The van der Waals surface area contributed by atoms with Crippen LogP contribution >= 0.6 is 0 Å². The number of azide groups is 1. The Morgan fingerprint density at radius 3 is 2.84 bits per heavy atom. The molecular weight excluding hydrogens is 278 g/mol. The van der Waals surface area contributed by atoms with Crippen LogP contribution < -0.4 is 10.6 Å². The quantitative estimate of drug-likeness (QED) is 0.276. The van der Waals surface area contributed by atoms with Crippen molar-refractivity contribution in [2.24, 2.45) is 5.11 Å². The second kappa shape index (κ2) is 6.25. The lowest BCUT2D eigenvalue weighted by atomic mass is 10.00. The van der Waals surface area contributed by atoms with E-state index in [0.717, 1.165) is 6.26 Å². The van der Waals surface area contributed by atoms with Crippen molar-refractivity contribution >= 4 is 21.8 Å². The molecule has 1 heterocycles. The fraction of sp³-hybridized carbons (Fsp3) is 0.750. The molecule has 1 fully saturated rings. The van der Waals surface area contributed by atoms with Gasteiger partial charge in [0.25, 0.3) is 0 Å². The van der Waals surface area contributed by atoms with Crippen molar-refractivity contribution < 1.29 is 22.7 Å². The van der Waals surface area contributed by atoms with E-state index in [1.165, 1.54) is 0 Å². The van der Waals surface area contributed by atoms with Crippen molar-refractivity contribution in [3.05, 3.63) is 10.4 Å². The van der Waals surface area contributed by atoms with E-state index in [4.69, 9.17) is 5.53 Å². The maximum atomic E-state index is 11.3. The number of nitrogens with one attached hydrogen (secondary N) is 2. The molecule has 0 aliphatic carbocycles. The van der Waals surface area contributed by atoms with Gasteiger partial charge in [0.05, 0.1) is 11.8 Å². The SMILES string of the molecule is CS(=O)(=O)CCOC(=O)N[C@H]1C(=O)N[C@H]1CN=[N+]=[N-]. The summed E-state index contributed by atoms with van der Waals surface area (Å²) < 4.78 is 26.2. The molecule has 0 unspecified atom stereocenters. The van der Waals surface area contributed by atoms with Crippen molar-refractivity contribution in [3.8, 4) is 0 Å². The van der Waals surface area contributed by atoms with Crippen LogP contribution in [-0.2, 0) is 19.4 Å². The van der Waals surface area contributed by atoms with Crippen LogP contribution in [0.5, 0.6) is 0 Å². The Labute approximate surface area is 109 Å². The summed E-state index contributed by atoms with van der Waals surface area (Å²) in [5.74, 6) is -0.711. The van der Waals surface area contributed by atoms with E-state index >= 15 is 0 Å². The standard InChI is InChI=1S/C8H13N5O5S/c1-19(16,17)3-2-18-8(15)12-6-5(4-10-13-9)11-7(6)14/h5-6H,2-4H2,1H3,(H,11,14)(H,12,15)/t5-,6+/m0/s1.